The number of rotatable bonds is 4. The molecule has 0 saturated carbocycles. The lowest BCUT2D eigenvalue weighted by Gasteiger charge is -2.09. The first-order valence-electron chi connectivity index (χ1n) is 13.7. The SMILES string of the molecule is c1ccc(-c2cccc(-c3cccc(-c4nc(-c5ccccc5)nc5c4oc4cc6ccccc6cc45)c3)c2)cc1. The van der Waals surface area contributed by atoms with Crippen molar-refractivity contribution < 1.29 is 4.42 Å². The molecule has 3 nitrogen and oxygen atoms in total. The molecule has 0 aliphatic carbocycles. The molecule has 3 heteroatoms. The van der Waals surface area contributed by atoms with Crippen LogP contribution in [-0.2, 0) is 0 Å². The van der Waals surface area contributed by atoms with Crippen LogP contribution in [0, 0.1) is 0 Å². The first kappa shape index (κ1) is 23.4. The van der Waals surface area contributed by atoms with E-state index in [4.69, 9.17) is 14.4 Å². The second kappa shape index (κ2) is 9.58. The summed E-state index contributed by atoms with van der Waals surface area (Å²) in [5.41, 5.74) is 9.74. The van der Waals surface area contributed by atoms with E-state index in [0.717, 1.165) is 55.2 Å². The molecular formula is C38H24N2O. The molecule has 2 aromatic heterocycles. The van der Waals surface area contributed by atoms with Gasteiger partial charge in [0, 0.05) is 16.5 Å². The number of nitrogens with zero attached hydrogens (tertiary/aromatic N) is 2. The maximum absolute atomic E-state index is 6.53. The molecule has 0 amide bonds. The largest absolute Gasteiger partial charge is 0.452 e. The Labute approximate surface area is 237 Å². The van der Waals surface area contributed by atoms with Gasteiger partial charge < -0.3 is 4.42 Å². The molecule has 0 unspecified atom stereocenters. The van der Waals surface area contributed by atoms with Crippen molar-refractivity contribution in [3.63, 3.8) is 0 Å². The molecule has 41 heavy (non-hydrogen) atoms. The van der Waals surface area contributed by atoms with E-state index in [1.807, 2.05) is 42.5 Å². The second-order valence-electron chi connectivity index (χ2n) is 10.3. The van der Waals surface area contributed by atoms with Gasteiger partial charge in [-0.25, -0.2) is 9.97 Å². The molecule has 0 N–H and O–H groups in total. The number of hydrogen-bond acceptors (Lipinski definition) is 3. The highest BCUT2D eigenvalue weighted by molar-refractivity contribution is 6.11. The Kier molecular flexibility index (Phi) is 5.46. The Morgan fingerprint density at radius 1 is 0.415 bits per heavy atom. The van der Waals surface area contributed by atoms with Gasteiger partial charge in [0.2, 0.25) is 0 Å². The number of fused-ring (bicyclic) bond motifs is 4. The van der Waals surface area contributed by atoms with E-state index >= 15 is 0 Å². The Bertz CT molecular complexity index is 2200. The van der Waals surface area contributed by atoms with Gasteiger partial charge in [-0.15, -0.1) is 0 Å². The van der Waals surface area contributed by atoms with Crippen LogP contribution in [-0.4, -0.2) is 9.97 Å². The van der Waals surface area contributed by atoms with E-state index < -0.39 is 0 Å². The van der Waals surface area contributed by atoms with E-state index in [-0.39, 0.29) is 0 Å². The first-order chi connectivity index (χ1) is 20.3. The Morgan fingerprint density at radius 2 is 0.951 bits per heavy atom. The molecule has 8 aromatic rings. The molecule has 0 fully saturated rings. The molecule has 8 rings (SSSR count). The third kappa shape index (κ3) is 4.16. The van der Waals surface area contributed by atoms with E-state index in [1.54, 1.807) is 0 Å². The Morgan fingerprint density at radius 3 is 1.66 bits per heavy atom. The van der Waals surface area contributed by atoms with E-state index in [0.29, 0.717) is 11.4 Å². The van der Waals surface area contributed by atoms with Crippen molar-refractivity contribution in [3.8, 4) is 44.9 Å². The molecule has 0 bridgehead atoms. The van der Waals surface area contributed by atoms with Crippen molar-refractivity contribution in [1.29, 1.82) is 0 Å². The van der Waals surface area contributed by atoms with Crippen molar-refractivity contribution in [3.05, 3.63) is 146 Å². The molecule has 0 saturated heterocycles. The van der Waals surface area contributed by atoms with Crippen LogP contribution in [0.4, 0.5) is 0 Å². The standard InChI is InChI=1S/C38H24N2O/c1-3-11-25(12-4-1)27-17-9-18-28(21-27)29-19-10-20-32(22-29)35-37-36(40-38(39-35)26-13-5-2-6-14-26)33-23-30-15-7-8-16-31(30)24-34(33)41-37/h1-24H. The first-order valence-corrected chi connectivity index (χ1v) is 13.7. The zero-order valence-electron chi connectivity index (χ0n) is 22.2. The van der Waals surface area contributed by atoms with E-state index in [9.17, 15) is 0 Å². The molecule has 0 radical (unpaired) electrons. The van der Waals surface area contributed by atoms with Crippen LogP contribution in [0.1, 0.15) is 0 Å². The summed E-state index contributed by atoms with van der Waals surface area (Å²) in [7, 11) is 0. The summed E-state index contributed by atoms with van der Waals surface area (Å²) in [6, 6.07) is 50.4. The summed E-state index contributed by atoms with van der Waals surface area (Å²) in [5, 5.41) is 3.29. The van der Waals surface area contributed by atoms with Crippen LogP contribution in [0.15, 0.2) is 150 Å². The zero-order valence-corrected chi connectivity index (χ0v) is 22.2. The van der Waals surface area contributed by atoms with Crippen molar-refractivity contribution in [2.45, 2.75) is 0 Å². The topological polar surface area (TPSA) is 38.9 Å². The summed E-state index contributed by atoms with van der Waals surface area (Å²) in [6.45, 7) is 0. The molecule has 0 spiro atoms. The molecule has 192 valence electrons. The van der Waals surface area contributed by atoms with E-state index in [1.165, 1.54) is 11.1 Å². The highest BCUT2D eigenvalue weighted by atomic mass is 16.3. The van der Waals surface area contributed by atoms with Gasteiger partial charge in [-0.3, -0.25) is 0 Å². The lowest BCUT2D eigenvalue weighted by Crippen LogP contribution is -1.94. The second-order valence-corrected chi connectivity index (χ2v) is 10.3. The van der Waals surface area contributed by atoms with Crippen LogP contribution in [0.2, 0.25) is 0 Å². The smallest absolute Gasteiger partial charge is 0.180 e. The molecular weight excluding hydrogens is 500 g/mol. The molecule has 2 heterocycles. The van der Waals surface area contributed by atoms with Crippen LogP contribution in [0.5, 0.6) is 0 Å². The fraction of sp³-hybridized carbons (Fsp3) is 0. The maximum atomic E-state index is 6.53. The summed E-state index contributed by atoms with van der Waals surface area (Å²) in [6.07, 6.45) is 0. The number of benzene rings is 6. The van der Waals surface area contributed by atoms with Gasteiger partial charge in [0.1, 0.15) is 16.8 Å². The van der Waals surface area contributed by atoms with Gasteiger partial charge >= 0.3 is 0 Å². The average Bonchev–Trinajstić information content (AvgIpc) is 3.41. The van der Waals surface area contributed by atoms with Gasteiger partial charge in [-0.2, -0.15) is 0 Å². The molecule has 0 aliphatic rings. The number of furan rings is 1. The molecule has 6 aromatic carbocycles. The Hall–Kier alpha value is -5.54. The summed E-state index contributed by atoms with van der Waals surface area (Å²) >= 11 is 0. The fourth-order valence-corrected chi connectivity index (χ4v) is 5.60. The van der Waals surface area contributed by atoms with Crippen LogP contribution < -0.4 is 0 Å². The highest BCUT2D eigenvalue weighted by Gasteiger charge is 2.19. The quantitative estimate of drug-likeness (QED) is 0.230. The van der Waals surface area contributed by atoms with Crippen LogP contribution in [0.25, 0.3) is 77.7 Å². The normalized spacial score (nSPS) is 11.4. The number of aromatic nitrogens is 2. The van der Waals surface area contributed by atoms with Gasteiger partial charge in [-0.05, 0) is 57.3 Å². The number of hydrogen-bond donors (Lipinski definition) is 0. The minimum Gasteiger partial charge on any atom is -0.452 e. The lowest BCUT2D eigenvalue weighted by molar-refractivity contribution is 0.668. The molecule has 0 atom stereocenters. The zero-order chi connectivity index (χ0) is 27.2. The third-order valence-corrected chi connectivity index (χ3v) is 7.65. The van der Waals surface area contributed by atoms with Gasteiger partial charge in [0.25, 0.3) is 0 Å². The summed E-state index contributed by atoms with van der Waals surface area (Å²) in [5.74, 6) is 0.681. The van der Waals surface area contributed by atoms with Crippen molar-refractivity contribution >= 4 is 32.8 Å². The van der Waals surface area contributed by atoms with Crippen molar-refractivity contribution in [2.24, 2.45) is 0 Å². The summed E-state index contributed by atoms with van der Waals surface area (Å²) < 4.78 is 6.53. The van der Waals surface area contributed by atoms with Crippen molar-refractivity contribution in [1.82, 2.24) is 9.97 Å². The Balaban J connectivity index is 1.34. The van der Waals surface area contributed by atoms with E-state index in [2.05, 4.69) is 103 Å². The van der Waals surface area contributed by atoms with Gasteiger partial charge in [0.15, 0.2) is 11.4 Å². The maximum Gasteiger partial charge on any atom is 0.180 e. The van der Waals surface area contributed by atoms with Gasteiger partial charge in [0.05, 0.1) is 0 Å². The monoisotopic (exact) mass is 524 g/mol. The molecule has 0 aliphatic heterocycles. The van der Waals surface area contributed by atoms with Crippen LogP contribution >= 0.6 is 0 Å². The van der Waals surface area contributed by atoms with Crippen LogP contribution in [0.3, 0.4) is 0 Å². The highest BCUT2D eigenvalue weighted by Crippen LogP contribution is 2.38. The van der Waals surface area contributed by atoms with Crippen molar-refractivity contribution in [2.75, 3.05) is 0 Å². The third-order valence-electron chi connectivity index (χ3n) is 7.65. The average molecular weight is 525 g/mol. The fourth-order valence-electron chi connectivity index (χ4n) is 5.60. The van der Waals surface area contributed by atoms with Gasteiger partial charge in [-0.1, -0.05) is 121 Å². The summed E-state index contributed by atoms with van der Waals surface area (Å²) in [4.78, 5) is 10.1. The predicted molar refractivity (Wildman–Crippen MR) is 169 cm³/mol. The minimum absolute atomic E-state index is 0.681. The minimum atomic E-state index is 0.681. The predicted octanol–water partition coefficient (Wildman–Crippen LogP) is 10.2. The lowest BCUT2D eigenvalue weighted by atomic mass is 9.97.